The fourth-order valence-electron chi connectivity index (χ4n) is 4.59. The maximum atomic E-state index is 13.0. The number of aromatic amines is 1. The molecule has 190 valence electrons. The van der Waals surface area contributed by atoms with Crippen LogP contribution in [-0.2, 0) is 43.2 Å². The van der Waals surface area contributed by atoms with Gasteiger partial charge in [-0.15, -0.1) is 10.2 Å². The molecule has 0 saturated carbocycles. The molecule has 37 heavy (non-hydrogen) atoms. The van der Waals surface area contributed by atoms with Crippen LogP contribution in [0.1, 0.15) is 34.0 Å². The summed E-state index contributed by atoms with van der Waals surface area (Å²) in [7, 11) is 0. The predicted octanol–water partition coefficient (Wildman–Crippen LogP) is 2.37. The summed E-state index contributed by atoms with van der Waals surface area (Å²) in [5, 5.41) is 21.8. The maximum Gasteiger partial charge on any atom is 0.416 e. The van der Waals surface area contributed by atoms with Gasteiger partial charge >= 0.3 is 6.18 Å². The molecule has 4 aromatic rings. The molecule has 1 aliphatic carbocycles. The summed E-state index contributed by atoms with van der Waals surface area (Å²) in [6, 6.07) is 3.72. The smallest absolute Gasteiger partial charge is 0.416 e. The number of hydrogen-bond donors (Lipinski definition) is 2. The van der Waals surface area contributed by atoms with Crippen LogP contribution in [0.15, 0.2) is 35.0 Å². The minimum Gasteiger partial charge on any atom is -0.420 e. The average molecular weight is 511 g/mol. The average Bonchev–Trinajstić information content (AvgIpc) is 3.62. The van der Waals surface area contributed by atoms with Crippen LogP contribution in [0.25, 0.3) is 11.5 Å². The first kappa shape index (κ1) is 23.1. The molecule has 11 nitrogen and oxygen atoms in total. The number of H-pyrrole nitrogens is 1. The quantitative estimate of drug-likeness (QED) is 0.413. The summed E-state index contributed by atoms with van der Waals surface area (Å²) in [6.45, 7) is 0.917. The molecule has 0 spiro atoms. The number of alkyl halides is 3. The molecule has 1 aliphatic heterocycles. The molecule has 0 bridgehead atoms. The number of rotatable bonds is 5. The van der Waals surface area contributed by atoms with Crippen LogP contribution in [0.5, 0.6) is 0 Å². The lowest BCUT2D eigenvalue weighted by Gasteiger charge is -2.24. The number of nitrogens with one attached hydrogen (secondary N) is 2. The minimum atomic E-state index is -4.36. The second-order valence-electron chi connectivity index (χ2n) is 8.99. The van der Waals surface area contributed by atoms with Crippen molar-refractivity contribution in [1.82, 2.24) is 40.5 Å². The molecule has 6 rings (SSSR count). The van der Waals surface area contributed by atoms with Gasteiger partial charge in [0.25, 0.3) is 5.89 Å². The van der Waals surface area contributed by atoms with Crippen molar-refractivity contribution in [2.24, 2.45) is 0 Å². The van der Waals surface area contributed by atoms with Crippen molar-refractivity contribution in [1.29, 1.82) is 0 Å². The van der Waals surface area contributed by atoms with E-state index in [1.165, 1.54) is 24.5 Å². The Bertz CT molecular complexity index is 1450. The maximum absolute atomic E-state index is 13.0. The van der Waals surface area contributed by atoms with Crippen molar-refractivity contribution in [3.63, 3.8) is 0 Å². The number of anilines is 1. The molecule has 0 fully saturated rings. The Morgan fingerprint density at radius 1 is 1.11 bits per heavy atom. The van der Waals surface area contributed by atoms with Crippen LogP contribution < -0.4 is 5.32 Å². The molecule has 1 aromatic carbocycles. The van der Waals surface area contributed by atoms with Crippen LogP contribution in [0, 0.1) is 0 Å². The van der Waals surface area contributed by atoms with Gasteiger partial charge in [0, 0.05) is 31.4 Å². The molecule has 0 saturated heterocycles. The number of nitrogens with zero attached hydrogens (tertiary/aromatic N) is 7. The van der Waals surface area contributed by atoms with Crippen molar-refractivity contribution in [2.45, 2.75) is 44.4 Å². The third kappa shape index (κ3) is 4.73. The Morgan fingerprint density at radius 3 is 2.70 bits per heavy atom. The zero-order valence-electron chi connectivity index (χ0n) is 19.3. The van der Waals surface area contributed by atoms with Gasteiger partial charge in [0.05, 0.1) is 23.4 Å². The van der Waals surface area contributed by atoms with Gasteiger partial charge in [-0.2, -0.15) is 28.6 Å². The highest BCUT2D eigenvalue weighted by atomic mass is 19.4. The molecule has 14 heteroatoms. The van der Waals surface area contributed by atoms with Gasteiger partial charge in [0.1, 0.15) is 12.1 Å². The van der Waals surface area contributed by atoms with E-state index in [9.17, 15) is 18.0 Å². The summed E-state index contributed by atoms with van der Waals surface area (Å²) >= 11 is 0. The first-order valence-electron chi connectivity index (χ1n) is 11.6. The lowest BCUT2D eigenvalue weighted by atomic mass is 10.1. The number of amides is 1. The Labute approximate surface area is 207 Å². The number of fused-ring (bicyclic) bond motifs is 2. The number of benzene rings is 1. The van der Waals surface area contributed by atoms with E-state index in [4.69, 9.17) is 4.42 Å². The normalized spacial score (nSPS) is 16.9. The molecule has 4 heterocycles. The van der Waals surface area contributed by atoms with Crippen LogP contribution >= 0.6 is 0 Å². The number of halogens is 3. The third-order valence-corrected chi connectivity index (χ3v) is 6.48. The van der Waals surface area contributed by atoms with E-state index >= 15 is 0 Å². The van der Waals surface area contributed by atoms with Gasteiger partial charge in [-0.1, -0.05) is 6.07 Å². The molecule has 2 aliphatic rings. The van der Waals surface area contributed by atoms with E-state index in [2.05, 4.69) is 40.9 Å². The molecule has 2 N–H and O–H groups in total. The van der Waals surface area contributed by atoms with Gasteiger partial charge in [-0.05, 0) is 36.1 Å². The highest BCUT2D eigenvalue weighted by Crippen LogP contribution is 2.33. The number of hydrogen-bond acceptors (Lipinski definition) is 9. The minimum absolute atomic E-state index is 0.0427. The second-order valence-corrected chi connectivity index (χ2v) is 8.99. The zero-order valence-corrected chi connectivity index (χ0v) is 19.3. The predicted molar refractivity (Wildman–Crippen MR) is 121 cm³/mol. The van der Waals surface area contributed by atoms with Crippen molar-refractivity contribution >= 4 is 11.9 Å². The fourth-order valence-corrected chi connectivity index (χ4v) is 4.59. The SMILES string of the molecule is O=C(Cc1nnc(-c2cnc(N[C@@H]3Cc4ccc(C(F)(F)F)cc4C3)nc2)o1)N1CCc2n[nH]nc2C1. The molecule has 3 aromatic heterocycles. The Hall–Kier alpha value is -4.36. The summed E-state index contributed by atoms with van der Waals surface area (Å²) < 4.78 is 44.6. The molecular weight excluding hydrogens is 491 g/mol. The summed E-state index contributed by atoms with van der Waals surface area (Å²) in [6.07, 6.45) is 0.265. The Balaban J connectivity index is 1.06. The van der Waals surface area contributed by atoms with Crippen LogP contribution in [0.3, 0.4) is 0 Å². The van der Waals surface area contributed by atoms with Crippen LogP contribution in [-0.4, -0.2) is 59.0 Å². The zero-order chi connectivity index (χ0) is 25.6. The van der Waals surface area contributed by atoms with E-state index < -0.39 is 11.7 Å². The van der Waals surface area contributed by atoms with E-state index in [1.807, 2.05) is 0 Å². The van der Waals surface area contributed by atoms with E-state index in [0.29, 0.717) is 49.4 Å². The van der Waals surface area contributed by atoms with Gasteiger partial charge in [-0.25, -0.2) is 9.97 Å². The van der Waals surface area contributed by atoms with Crippen molar-refractivity contribution in [3.05, 3.63) is 64.6 Å². The van der Waals surface area contributed by atoms with E-state index in [-0.39, 0.29) is 30.2 Å². The molecular formula is C23H20F3N9O2. The van der Waals surface area contributed by atoms with Crippen LogP contribution in [0.2, 0.25) is 0 Å². The summed E-state index contributed by atoms with van der Waals surface area (Å²) in [5.41, 5.74) is 3.00. The van der Waals surface area contributed by atoms with Gasteiger partial charge in [0.15, 0.2) is 0 Å². The number of aromatic nitrogens is 7. The molecule has 0 radical (unpaired) electrons. The Kier molecular flexibility index (Phi) is 5.57. The molecule has 0 unspecified atom stereocenters. The first-order chi connectivity index (χ1) is 17.8. The lowest BCUT2D eigenvalue weighted by Crippen LogP contribution is -2.37. The van der Waals surface area contributed by atoms with E-state index in [1.54, 1.807) is 4.90 Å². The molecule has 1 amide bonds. The standard InChI is InChI=1S/C23H20F3N9O2/c24-23(25,26)15-2-1-12-6-16(7-13(12)5-15)29-22-27-9-14(10-28-22)21-33-32-19(37-21)8-20(36)35-4-3-17-18(11-35)31-34-30-17/h1-2,5,9-10,16H,3-4,6-8,11H2,(H,27,28,29)(H,30,31,34)/t16-/m1/s1. The third-order valence-electron chi connectivity index (χ3n) is 6.48. The highest BCUT2D eigenvalue weighted by molar-refractivity contribution is 5.78. The number of carbonyl (C=O) groups is 1. The number of carbonyl (C=O) groups excluding carboxylic acids is 1. The summed E-state index contributed by atoms with van der Waals surface area (Å²) in [5.74, 6) is 0.541. The monoisotopic (exact) mass is 511 g/mol. The van der Waals surface area contributed by atoms with Crippen molar-refractivity contribution < 1.29 is 22.4 Å². The Morgan fingerprint density at radius 2 is 1.89 bits per heavy atom. The van der Waals surface area contributed by atoms with E-state index in [0.717, 1.165) is 23.0 Å². The molecule has 1 atom stereocenters. The van der Waals surface area contributed by atoms with Gasteiger partial charge in [0.2, 0.25) is 17.7 Å². The van der Waals surface area contributed by atoms with Gasteiger partial charge in [-0.3, -0.25) is 4.79 Å². The summed E-state index contributed by atoms with van der Waals surface area (Å²) in [4.78, 5) is 22.9. The van der Waals surface area contributed by atoms with Crippen molar-refractivity contribution in [3.8, 4) is 11.5 Å². The van der Waals surface area contributed by atoms with Crippen molar-refractivity contribution in [2.75, 3.05) is 11.9 Å². The van der Waals surface area contributed by atoms with Crippen LogP contribution in [0.4, 0.5) is 19.1 Å². The largest absolute Gasteiger partial charge is 0.420 e. The second kappa shape index (κ2) is 8.94. The highest BCUT2D eigenvalue weighted by Gasteiger charge is 2.33. The fraction of sp³-hybridized carbons (Fsp3) is 0.348. The first-order valence-corrected chi connectivity index (χ1v) is 11.6. The lowest BCUT2D eigenvalue weighted by molar-refractivity contribution is -0.137. The van der Waals surface area contributed by atoms with Gasteiger partial charge < -0.3 is 14.6 Å². The topological polar surface area (TPSA) is 139 Å².